The van der Waals surface area contributed by atoms with Crippen molar-refractivity contribution in [3.8, 4) is 0 Å². The van der Waals surface area contributed by atoms with E-state index in [1.165, 1.54) is 70.6 Å². The van der Waals surface area contributed by atoms with Crippen molar-refractivity contribution in [3.05, 3.63) is 11.7 Å². The van der Waals surface area contributed by atoms with E-state index in [0.29, 0.717) is 31.1 Å². The number of rotatable bonds is 16. The van der Waals surface area contributed by atoms with E-state index in [4.69, 9.17) is 18.7 Å². The van der Waals surface area contributed by atoms with E-state index in [2.05, 4.69) is 15.0 Å². The molecule has 1 aromatic heterocycles. The molecule has 2 aliphatic carbocycles. The summed E-state index contributed by atoms with van der Waals surface area (Å²) in [6.07, 6.45) is 19.4. The van der Waals surface area contributed by atoms with Crippen LogP contribution < -0.4 is 0 Å². The van der Waals surface area contributed by atoms with Crippen molar-refractivity contribution < 1.29 is 38.2 Å². The first-order valence-electron chi connectivity index (χ1n) is 20.0. The lowest BCUT2D eigenvalue weighted by atomic mass is 9.84. The van der Waals surface area contributed by atoms with Crippen LogP contribution in [0.5, 0.6) is 0 Å². The Morgan fingerprint density at radius 1 is 0.784 bits per heavy atom. The maximum absolute atomic E-state index is 12.5. The molecule has 3 fully saturated rings. The molecule has 1 saturated heterocycles. The number of carboxylic acid groups (broad SMARTS) is 1. The predicted octanol–water partition coefficient (Wildman–Crippen LogP) is 8.64. The minimum atomic E-state index is -0.885. The number of ether oxygens (including phenoxy) is 3. The van der Waals surface area contributed by atoms with Crippen LogP contribution in [0, 0.1) is 17.8 Å². The van der Waals surface area contributed by atoms with Gasteiger partial charge >= 0.3 is 17.9 Å². The Bertz CT molecular complexity index is 1160. The SMILES string of the molecule is CC(C)(C)OC(=O)C[C@@H](CCCC1CCCCC1)C(=O)O.CC(C)(C)OC(=O)C[C@@H](CCCC1CCCCC1)c1nc(CN2CCOCC2)no1. The maximum Gasteiger partial charge on any atom is 0.307 e. The third-order valence-corrected chi connectivity index (χ3v) is 10.1. The molecule has 2 saturated carbocycles. The van der Waals surface area contributed by atoms with Crippen molar-refractivity contribution in [2.75, 3.05) is 26.3 Å². The van der Waals surface area contributed by atoms with Crippen LogP contribution in [0.1, 0.15) is 175 Å². The minimum Gasteiger partial charge on any atom is -0.481 e. The fourth-order valence-electron chi connectivity index (χ4n) is 7.51. The highest BCUT2D eigenvalue weighted by molar-refractivity contribution is 5.78. The first-order chi connectivity index (χ1) is 24.2. The second kappa shape index (κ2) is 21.9. The number of morpholine rings is 1. The Kier molecular flexibility index (Phi) is 18.4. The van der Waals surface area contributed by atoms with Crippen molar-refractivity contribution in [2.45, 2.75) is 181 Å². The molecule has 0 radical (unpaired) electrons. The molecular weight excluding hydrogens is 650 g/mol. The van der Waals surface area contributed by atoms with E-state index in [-0.39, 0.29) is 18.3 Å². The summed E-state index contributed by atoms with van der Waals surface area (Å²) < 4.78 is 21.8. The largest absolute Gasteiger partial charge is 0.481 e. The van der Waals surface area contributed by atoms with E-state index in [1.54, 1.807) is 20.8 Å². The van der Waals surface area contributed by atoms with Crippen LogP contribution in [0.2, 0.25) is 0 Å². The Labute approximate surface area is 307 Å². The smallest absolute Gasteiger partial charge is 0.307 e. The number of hydrogen-bond acceptors (Lipinski definition) is 10. The lowest BCUT2D eigenvalue weighted by Crippen LogP contribution is -2.35. The summed E-state index contributed by atoms with van der Waals surface area (Å²) in [5.74, 6) is 0.685. The standard InChI is InChI=1S/C23H39N3O4.C17H30O4/c1-23(2,3)29-21(27)16-19(11-7-10-18-8-5-4-6-9-18)22-24-20(25-30-22)17-26-12-14-28-15-13-26;1-17(2,3)21-15(18)12-14(16(19)20)11-7-10-13-8-5-4-6-9-13/h18-19H,4-17H2,1-3H3;13-14H,4-12H2,1-3H3,(H,19,20)/t19-;14-/m11/s1. The zero-order valence-electron chi connectivity index (χ0n) is 32.7. The van der Waals surface area contributed by atoms with Gasteiger partial charge in [-0.25, -0.2) is 0 Å². The Balaban J connectivity index is 0.000000295. The predicted molar refractivity (Wildman–Crippen MR) is 196 cm³/mol. The molecule has 11 heteroatoms. The molecule has 1 N–H and O–H groups in total. The van der Waals surface area contributed by atoms with E-state index >= 15 is 0 Å². The van der Waals surface area contributed by atoms with Gasteiger partial charge in [-0.1, -0.05) is 95.0 Å². The van der Waals surface area contributed by atoms with Crippen molar-refractivity contribution in [3.63, 3.8) is 0 Å². The fourth-order valence-corrected chi connectivity index (χ4v) is 7.51. The molecule has 2 atom stereocenters. The number of nitrogens with zero attached hydrogens (tertiary/aromatic N) is 3. The fraction of sp³-hybridized carbons (Fsp3) is 0.875. The number of carbonyl (C=O) groups is 3. The van der Waals surface area contributed by atoms with Crippen LogP contribution in [0.3, 0.4) is 0 Å². The van der Waals surface area contributed by atoms with Gasteiger partial charge in [0.1, 0.15) is 11.2 Å². The van der Waals surface area contributed by atoms with Gasteiger partial charge in [0.25, 0.3) is 0 Å². The molecule has 0 amide bonds. The number of esters is 2. The molecule has 3 aliphatic rings. The van der Waals surface area contributed by atoms with Gasteiger partial charge in [-0.05, 0) is 66.2 Å². The summed E-state index contributed by atoms with van der Waals surface area (Å²) in [5.41, 5.74) is -1.04. The summed E-state index contributed by atoms with van der Waals surface area (Å²) in [7, 11) is 0. The zero-order valence-corrected chi connectivity index (χ0v) is 32.7. The van der Waals surface area contributed by atoms with Crippen LogP contribution in [-0.2, 0) is 35.1 Å². The van der Waals surface area contributed by atoms with Crippen LogP contribution in [-0.4, -0.2) is 75.6 Å². The summed E-state index contributed by atoms with van der Waals surface area (Å²) in [6.45, 7) is 15.0. The third kappa shape index (κ3) is 18.7. The van der Waals surface area contributed by atoms with Crippen molar-refractivity contribution in [2.24, 2.45) is 17.8 Å². The highest BCUT2D eigenvalue weighted by atomic mass is 16.6. The summed E-state index contributed by atoms with van der Waals surface area (Å²) in [4.78, 5) is 42.4. The molecule has 1 aliphatic heterocycles. The zero-order chi connectivity index (χ0) is 37.3. The Morgan fingerprint density at radius 3 is 1.80 bits per heavy atom. The highest BCUT2D eigenvalue weighted by Crippen LogP contribution is 2.32. The highest BCUT2D eigenvalue weighted by Gasteiger charge is 2.28. The van der Waals surface area contributed by atoms with Crippen LogP contribution in [0.25, 0.3) is 0 Å². The summed E-state index contributed by atoms with van der Waals surface area (Å²) in [6, 6.07) is 0. The maximum atomic E-state index is 12.5. The molecule has 0 unspecified atom stereocenters. The molecule has 0 spiro atoms. The monoisotopic (exact) mass is 720 g/mol. The van der Waals surface area contributed by atoms with E-state index in [9.17, 15) is 19.5 Å². The average Bonchev–Trinajstić information content (AvgIpc) is 3.52. The second-order valence-electron chi connectivity index (χ2n) is 17.1. The molecule has 0 bridgehead atoms. The first kappa shape index (κ1) is 42.9. The molecule has 51 heavy (non-hydrogen) atoms. The number of aliphatic carboxylic acids is 1. The van der Waals surface area contributed by atoms with Crippen molar-refractivity contribution >= 4 is 17.9 Å². The van der Waals surface area contributed by atoms with Gasteiger partial charge in [0.15, 0.2) is 5.82 Å². The quantitative estimate of drug-likeness (QED) is 0.164. The van der Waals surface area contributed by atoms with Gasteiger partial charge in [0, 0.05) is 19.0 Å². The van der Waals surface area contributed by atoms with Crippen LogP contribution >= 0.6 is 0 Å². The molecule has 4 rings (SSSR count). The number of carbonyl (C=O) groups excluding carboxylic acids is 2. The molecule has 2 heterocycles. The van der Waals surface area contributed by atoms with Gasteiger partial charge in [-0.2, -0.15) is 4.98 Å². The summed E-state index contributed by atoms with van der Waals surface area (Å²) in [5, 5.41) is 13.4. The van der Waals surface area contributed by atoms with Gasteiger partial charge in [0.05, 0.1) is 38.5 Å². The summed E-state index contributed by atoms with van der Waals surface area (Å²) >= 11 is 0. The lowest BCUT2D eigenvalue weighted by Gasteiger charge is -2.25. The third-order valence-electron chi connectivity index (χ3n) is 10.1. The van der Waals surface area contributed by atoms with E-state index in [0.717, 1.165) is 63.8 Å². The second-order valence-corrected chi connectivity index (χ2v) is 17.1. The van der Waals surface area contributed by atoms with Crippen molar-refractivity contribution in [1.29, 1.82) is 0 Å². The lowest BCUT2D eigenvalue weighted by molar-refractivity contribution is -0.160. The number of aromatic nitrogens is 2. The van der Waals surface area contributed by atoms with Crippen molar-refractivity contribution in [1.82, 2.24) is 15.0 Å². The molecule has 11 nitrogen and oxygen atoms in total. The molecule has 292 valence electrons. The molecular formula is C40H69N3O8. The Morgan fingerprint density at radius 2 is 1.29 bits per heavy atom. The molecule has 0 aromatic carbocycles. The van der Waals surface area contributed by atoms with Crippen LogP contribution in [0.4, 0.5) is 0 Å². The molecule has 1 aromatic rings. The van der Waals surface area contributed by atoms with Gasteiger partial charge < -0.3 is 23.8 Å². The Hall–Kier alpha value is -2.53. The van der Waals surface area contributed by atoms with Gasteiger partial charge in [-0.15, -0.1) is 0 Å². The minimum absolute atomic E-state index is 0.0166. The average molecular weight is 720 g/mol. The normalized spacial score (nSPS) is 19.4. The number of carboxylic acids is 1. The topological polar surface area (TPSA) is 141 Å². The number of hydrogen-bond donors (Lipinski definition) is 1. The van der Waals surface area contributed by atoms with E-state index < -0.39 is 29.1 Å². The van der Waals surface area contributed by atoms with Crippen LogP contribution in [0.15, 0.2) is 4.52 Å². The van der Waals surface area contributed by atoms with Gasteiger partial charge in [0.2, 0.25) is 5.89 Å². The van der Waals surface area contributed by atoms with E-state index in [1.807, 2.05) is 20.8 Å². The van der Waals surface area contributed by atoms with Gasteiger partial charge in [-0.3, -0.25) is 19.3 Å². The first-order valence-corrected chi connectivity index (χ1v) is 20.0.